The summed E-state index contributed by atoms with van der Waals surface area (Å²) < 4.78 is 1.09. The Kier molecular flexibility index (Phi) is 6.04. The fourth-order valence-corrected chi connectivity index (χ4v) is 6.06. The van der Waals surface area contributed by atoms with E-state index in [9.17, 15) is 24.3 Å². The van der Waals surface area contributed by atoms with Gasteiger partial charge in [0.2, 0.25) is 17.7 Å². The second-order valence-electron chi connectivity index (χ2n) is 9.86. The SMILES string of the molecule is CC(C)(NC(=O)Cc1csc2ccccc12)C(=O)N[C@H]1CCc2cccc3c2N(C1=O)[C@H](C(=O)O)C3. The van der Waals surface area contributed by atoms with Gasteiger partial charge in [-0.2, -0.15) is 0 Å². The lowest BCUT2D eigenvalue weighted by molar-refractivity contribution is -0.140. The zero-order valence-electron chi connectivity index (χ0n) is 20.0. The Hall–Kier alpha value is -3.72. The number of amides is 3. The summed E-state index contributed by atoms with van der Waals surface area (Å²) >= 11 is 1.57. The third kappa shape index (κ3) is 4.24. The van der Waals surface area contributed by atoms with E-state index in [0.717, 1.165) is 26.8 Å². The van der Waals surface area contributed by atoms with E-state index < -0.39 is 35.4 Å². The van der Waals surface area contributed by atoms with Gasteiger partial charge in [-0.15, -0.1) is 11.3 Å². The van der Waals surface area contributed by atoms with Gasteiger partial charge >= 0.3 is 5.97 Å². The molecule has 0 aliphatic carbocycles. The second-order valence-corrected chi connectivity index (χ2v) is 10.8. The van der Waals surface area contributed by atoms with Crippen molar-refractivity contribution < 1.29 is 24.3 Å². The average molecular weight is 506 g/mol. The first-order valence-corrected chi connectivity index (χ1v) is 12.8. The first kappa shape index (κ1) is 24.0. The molecule has 3 heterocycles. The summed E-state index contributed by atoms with van der Waals surface area (Å²) in [5, 5.41) is 18.3. The molecule has 2 aliphatic rings. The number of carboxylic acid groups (broad SMARTS) is 1. The third-order valence-electron chi connectivity index (χ3n) is 6.93. The molecule has 3 N–H and O–H groups in total. The van der Waals surface area contributed by atoms with Crippen LogP contribution in [0.25, 0.3) is 10.1 Å². The molecule has 5 rings (SSSR count). The number of hydrogen-bond acceptors (Lipinski definition) is 5. The minimum atomic E-state index is -1.27. The number of carbonyl (C=O) groups is 4. The number of nitrogens with zero attached hydrogens (tertiary/aromatic N) is 1. The van der Waals surface area contributed by atoms with Crippen LogP contribution in [-0.2, 0) is 38.4 Å². The molecule has 3 amide bonds. The number of carboxylic acids is 1. The number of thiophene rings is 1. The van der Waals surface area contributed by atoms with Crippen molar-refractivity contribution in [2.75, 3.05) is 4.90 Å². The number of para-hydroxylation sites is 1. The van der Waals surface area contributed by atoms with Crippen molar-refractivity contribution in [3.63, 3.8) is 0 Å². The van der Waals surface area contributed by atoms with Crippen LogP contribution in [0.2, 0.25) is 0 Å². The fraction of sp³-hybridized carbons (Fsp3) is 0.333. The van der Waals surface area contributed by atoms with Crippen LogP contribution in [0.1, 0.15) is 37.0 Å². The molecule has 2 aliphatic heterocycles. The number of hydrogen-bond donors (Lipinski definition) is 3. The van der Waals surface area contributed by atoms with Gasteiger partial charge in [-0.05, 0) is 60.2 Å². The summed E-state index contributed by atoms with van der Waals surface area (Å²) in [6, 6.07) is 11.6. The monoisotopic (exact) mass is 505 g/mol. The first-order chi connectivity index (χ1) is 17.2. The molecule has 9 heteroatoms. The quantitative estimate of drug-likeness (QED) is 0.477. The maximum atomic E-state index is 13.5. The Balaban J connectivity index is 1.29. The summed E-state index contributed by atoms with van der Waals surface area (Å²) in [7, 11) is 0. The van der Waals surface area contributed by atoms with Gasteiger partial charge in [-0.1, -0.05) is 36.4 Å². The molecule has 0 saturated carbocycles. The number of aliphatic carboxylic acids is 1. The minimum absolute atomic E-state index is 0.134. The Bertz CT molecular complexity index is 1400. The van der Waals surface area contributed by atoms with Gasteiger partial charge in [0.25, 0.3) is 0 Å². The standard InChI is InChI=1S/C27H27N3O5S/c1-27(2,29-22(31)13-17-14-36-21-9-4-3-8-18(17)21)26(35)28-19-11-10-15-6-5-7-16-12-20(25(33)34)30(23(15)16)24(19)32/h3-9,14,19-20H,10-13H2,1-2H3,(H,28,35)(H,29,31)(H,33,34)/t19-,20-/m0/s1. The van der Waals surface area contributed by atoms with E-state index >= 15 is 0 Å². The molecule has 8 nitrogen and oxygen atoms in total. The highest BCUT2D eigenvalue weighted by molar-refractivity contribution is 7.17. The van der Waals surface area contributed by atoms with E-state index in [1.807, 2.05) is 47.8 Å². The van der Waals surface area contributed by atoms with Crippen molar-refractivity contribution in [1.82, 2.24) is 10.6 Å². The van der Waals surface area contributed by atoms with E-state index in [1.165, 1.54) is 4.90 Å². The van der Waals surface area contributed by atoms with Gasteiger partial charge in [-0.25, -0.2) is 4.79 Å². The molecule has 0 unspecified atom stereocenters. The lowest BCUT2D eigenvalue weighted by atomic mass is 9.99. The Labute approximate surface area is 212 Å². The summed E-state index contributed by atoms with van der Waals surface area (Å²) in [5.74, 6) is -2.31. The fourth-order valence-electron chi connectivity index (χ4n) is 5.09. The molecule has 1 aromatic heterocycles. The van der Waals surface area contributed by atoms with Crippen LogP contribution in [0.4, 0.5) is 5.69 Å². The lowest BCUT2D eigenvalue weighted by Gasteiger charge is -2.30. The predicted octanol–water partition coefficient (Wildman–Crippen LogP) is 2.81. The van der Waals surface area contributed by atoms with Gasteiger partial charge in [0, 0.05) is 11.1 Å². The topological polar surface area (TPSA) is 116 Å². The van der Waals surface area contributed by atoms with Gasteiger partial charge in [0.15, 0.2) is 0 Å². The van der Waals surface area contributed by atoms with Crippen LogP contribution < -0.4 is 15.5 Å². The van der Waals surface area contributed by atoms with Gasteiger partial charge in [0.1, 0.15) is 17.6 Å². The summed E-state index contributed by atoms with van der Waals surface area (Å²) in [4.78, 5) is 52.8. The van der Waals surface area contributed by atoms with Crippen LogP contribution >= 0.6 is 11.3 Å². The van der Waals surface area contributed by atoms with Gasteiger partial charge in [0.05, 0.1) is 12.1 Å². The number of benzene rings is 2. The zero-order valence-corrected chi connectivity index (χ0v) is 20.9. The van der Waals surface area contributed by atoms with Crippen molar-refractivity contribution in [2.24, 2.45) is 0 Å². The molecule has 0 fully saturated rings. The van der Waals surface area contributed by atoms with Crippen LogP contribution in [0.3, 0.4) is 0 Å². The number of rotatable bonds is 6. The van der Waals surface area contributed by atoms with Crippen molar-refractivity contribution in [3.05, 3.63) is 64.5 Å². The Morgan fingerprint density at radius 2 is 1.86 bits per heavy atom. The predicted molar refractivity (Wildman–Crippen MR) is 137 cm³/mol. The van der Waals surface area contributed by atoms with Crippen molar-refractivity contribution >= 4 is 50.8 Å². The Morgan fingerprint density at radius 3 is 2.64 bits per heavy atom. The number of carbonyl (C=O) groups excluding carboxylic acids is 3. The summed E-state index contributed by atoms with van der Waals surface area (Å²) in [6.07, 6.45) is 1.24. The van der Waals surface area contributed by atoms with E-state index in [-0.39, 0.29) is 18.7 Å². The molecule has 0 saturated heterocycles. The lowest BCUT2D eigenvalue weighted by Crippen LogP contribution is -2.60. The number of fused-ring (bicyclic) bond motifs is 1. The molecule has 36 heavy (non-hydrogen) atoms. The summed E-state index contributed by atoms with van der Waals surface area (Å²) in [5.41, 5.74) is 2.00. The normalized spacial score (nSPS) is 19.1. The van der Waals surface area contributed by atoms with Crippen LogP contribution in [0.15, 0.2) is 47.8 Å². The Morgan fingerprint density at radius 1 is 1.11 bits per heavy atom. The van der Waals surface area contributed by atoms with Crippen LogP contribution in [-0.4, -0.2) is 46.4 Å². The number of aryl methyl sites for hydroxylation is 1. The highest BCUT2D eigenvalue weighted by atomic mass is 32.1. The number of nitrogens with one attached hydrogen (secondary N) is 2. The molecule has 186 valence electrons. The van der Waals surface area contributed by atoms with Gasteiger partial charge < -0.3 is 15.7 Å². The van der Waals surface area contributed by atoms with E-state index in [0.29, 0.717) is 18.5 Å². The number of anilines is 1. The molecule has 2 aromatic carbocycles. The van der Waals surface area contributed by atoms with Crippen molar-refractivity contribution in [1.29, 1.82) is 0 Å². The molecule has 0 spiro atoms. The highest BCUT2D eigenvalue weighted by Gasteiger charge is 2.44. The van der Waals surface area contributed by atoms with Crippen LogP contribution in [0.5, 0.6) is 0 Å². The maximum absolute atomic E-state index is 13.5. The van der Waals surface area contributed by atoms with E-state index in [1.54, 1.807) is 25.2 Å². The smallest absolute Gasteiger partial charge is 0.327 e. The van der Waals surface area contributed by atoms with Crippen LogP contribution in [0, 0.1) is 0 Å². The van der Waals surface area contributed by atoms with Crippen molar-refractivity contribution in [3.8, 4) is 0 Å². The molecule has 2 atom stereocenters. The van der Waals surface area contributed by atoms with E-state index in [2.05, 4.69) is 10.6 Å². The second kappa shape index (κ2) is 9.05. The molecular weight excluding hydrogens is 478 g/mol. The molecule has 0 bridgehead atoms. The molecular formula is C27H27N3O5S. The summed E-state index contributed by atoms with van der Waals surface area (Å²) in [6.45, 7) is 3.19. The van der Waals surface area contributed by atoms with Crippen molar-refractivity contribution in [2.45, 2.75) is 57.2 Å². The first-order valence-electron chi connectivity index (χ1n) is 11.9. The molecule has 3 aromatic rings. The average Bonchev–Trinajstić information content (AvgIpc) is 3.39. The third-order valence-corrected chi connectivity index (χ3v) is 7.94. The highest BCUT2D eigenvalue weighted by Crippen LogP contribution is 2.39. The maximum Gasteiger partial charge on any atom is 0.327 e. The van der Waals surface area contributed by atoms with E-state index in [4.69, 9.17) is 0 Å². The van der Waals surface area contributed by atoms with Gasteiger partial charge in [-0.3, -0.25) is 19.3 Å². The molecule has 0 radical (unpaired) electrons. The zero-order chi connectivity index (χ0) is 25.6. The largest absolute Gasteiger partial charge is 0.480 e. The minimum Gasteiger partial charge on any atom is -0.480 e.